The van der Waals surface area contributed by atoms with Crippen molar-refractivity contribution in [2.24, 2.45) is 11.7 Å². The molecule has 0 aromatic carbocycles. The number of hydrogen-bond donors (Lipinski definition) is 6. The normalized spacial score (nSPS) is 15.7. The maximum atomic E-state index is 12.0. The van der Waals surface area contributed by atoms with Crippen LogP contribution in [0.2, 0.25) is 0 Å². The summed E-state index contributed by atoms with van der Waals surface area (Å²) in [4.78, 5) is 45.5. The number of amides is 2. The Morgan fingerprint density at radius 3 is 2.08 bits per heavy atom. The molecule has 0 aliphatic heterocycles. The third-order valence-electron chi connectivity index (χ3n) is 3.60. The van der Waals surface area contributed by atoms with Crippen LogP contribution >= 0.6 is 0 Å². The van der Waals surface area contributed by atoms with Gasteiger partial charge in [-0.25, -0.2) is 4.79 Å². The van der Waals surface area contributed by atoms with E-state index in [0.29, 0.717) is 6.42 Å². The molecule has 0 bridgehead atoms. The fraction of sp³-hybridized carbons (Fsp3) is 0.714. The molecule has 0 saturated carbocycles. The first-order chi connectivity index (χ1) is 11.1. The minimum absolute atomic E-state index is 0.133. The van der Waals surface area contributed by atoms with Crippen LogP contribution in [0.4, 0.5) is 0 Å². The number of aliphatic hydroxyl groups is 1. The lowest BCUT2D eigenvalue weighted by molar-refractivity contribution is -0.144. The van der Waals surface area contributed by atoms with Crippen molar-refractivity contribution in [3.8, 4) is 0 Å². The van der Waals surface area contributed by atoms with Crippen molar-refractivity contribution < 1.29 is 34.5 Å². The molecular weight excluding hydrogens is 322 g/mol. The molecule has 0 aromatic heterocycles. The Morgan fingerprint density at radius 2 is 1.67 bits per heavy atom. The number of aliphatic hydroxyl groups excluding tert-OH is 1. The summed E-state index contributed by atoms with van der Waals surface area (Å²) in [7, 11) is 0. The molecule has 0 radical (unpaired) electrons. The average Bonchev–Trinajstić information content (AvgIpc) is 2.53. The van der Waals surface area contributed by atoms with Gasteiger partial charge in [0.05, 0.1) is 12.6 Å². The zero-order chi connectivity index (χ0) is 18.9. The molecule has 0 heterocycles. The molecule has 0 spiro atoms. The Morgan fingerprint density at radius 1 is 1.08 bits per heavy atom. The molecule has 2 amide bonds. The minimum Gasteiger partial charge on any atom is -0.481 e. The van der Waals surface area contributed by atoms with E-state index in [-0.39, 0.29) is 18.8 Å². The van der Waals surface area contributed by atoms with Crippen LogP contribution in [-0.2, 0) is 19.2 Å². The monoisotopic (exact) mass is 347 g/mol. The second-order valence-electron chi connectivity index (χ2n) is 5.49. The van der Waals surface area contributed by atoms with E-state index in [0.717, 1.165) is 0 Å². The molecule has 0 aromatic rings. The van der Waals surface area contributed by atoms with Crippen LogP contribution in [0.15, 0.2) is 0 Å². The molecule has 10 nitrogen and oxygen atoms in total. The molecule has 0 unspecified atom stereocenters. The number of carboxylic acids is 2. The van der Waals surface area contributed by atoms with Crippen LogP contribution in [-0.4, -0.2) is 63.8 Å². The number of carboxylic acid groups (broad SMARTS) is 2. The van der Waals surface area contributed by atoms with Gasteiger partial charge in [0.1, 0.15) is 12.1 Å². The number of nitrogens with one attached hydrogen (secondary N) is 2. The number of carbonyl (C=O) groups is 4. The van der Waals surface area contributed by atoms with Gasteiger partial charge in [0.25, 0.3) is 0 Å². The Kier molecular flexibility index (Phi) is 9.58. The summed E-state index contributed by atoms with van der Waals surface area (Å²) in [6.45, 7) is 2.66. The molecule has 0 saturated heterocycles. The summed E-state index contributed by atoms with van der Waals surface area (Å²) in [6.07, 6.45) is 0.0543. The molecule has 0 aliphatic carbocycles. The van der Waals surface area contributed by atoms with E-state index in [1.807, 2.05) is 0 Å². The van der Waals surface area contributed by atoms with E-state index < -0.39 is 48.5 Å². The van der Waals surface area contributed by atoms with E-state index in [1.165, 1.54) is 0 Å². The van der Waals surface area contributed by atoms with Crippen molar-refractivity contribution in [2.45, 2.75) is 51.2 Å². The van der Waals surface area contributed by atoms with Crippen LogP contribution in [0.1, 0.15) is 33.1 Å². The third kappa shape index (κ3) is 7.38. The van der Waals surface area contributed by atoms with Crippen molar-refractivity contribution in [1.82, 2.24) is 10.6 Å². The Labute approximate surface area is 139 Å². The minimum atomic E-state index is -1.38. The number of hydrogen-bond acceptors (Lipinski definition) is 6. The van der Waals surface area contributed by atoms with Gasteiger partial charge in [-0.1, -0.05) is 20.3 Å². The Hall–Kier alpha value is -2.20. The van der Waals surface area contributed by atoms with Gasteiger partial charge in [0.15, 0.2) is 0 Å². The lowest BCUT2D eigenvalue weighted by Crippen LogP contribution is -2.56. The van der Waals surface area contributed by atoms with Gasteiger partial charge in [-0.05, 0) is 12.3 Å². The standard InChI is InChI=1S/C14H25N3O7/c1-3-7(2)11(14(23)24)17-13(22)9(6-18)16-12(21)8(15)4-5-10(19)20/h7-9,11,18H,3-6,15H2,1-2H3,(H,16,21)(H,17,22)(H,19,20)(H,23,24)/t7-,8-,9-,11-/m0/s1. The lowest BCUT2D eigenvalue weighted by Gasteiger charge is -2.24. The highest BCUT2D eigenvalue weighted by Crippen LogP contribution is 2.08. The van der Waals surface area contributed by atoms with Gasteiger partial charge in [-0.15, -0.1) is 0 Å². The van der Waals surface area contributed by atoms with Crippen molar-refractivity contribution in [1.29, 1.82) is 0 Å². The summed E-state index contributed by atoms with van der Waals surface area (Å²) in [5.74, 6) is -4.35. The van der Waals surface area contributed by atoms with Crippen LogP contribution in [0.3, 0.4) is 0 Å². The average molecular weight is 347 g/mol. The maximum absolute atomic E-state index is 12.0. The third-order valence-corrected chi connectivity index (χ3v) is 3.60. The van der Waals surface area contributed by atoms with Gasteiger partial charge in [-0.3, -0.25) is 14.4 Å². The zero-order valence-corrected chi connectivity index (χ0v) is 13.7. The van der Waals surface area contributed by atoms with Gasteiger partial charge < -0.3 is 31.7 Å². The zero-order valence-electron chi connectivity index (χ0n) is 13.7. The fourth-order valence-corrected chi connectivity index (χ4v) is 1.82. The lowest BCUT2D eigenvalue weighted by atomic mass is 9.99. The van der Waals surface area contributed by atoms with Gasteiger partial charge in [-0.2, -0.15) is 0 Å². The summed E-state index contributed by atoms with van der Waals surface area (Å²) in [5, 5.41) is 31.3. The largest absolute Gasteiger partial charge is 0.481 e. The summed E-state index contributed by atoms with van der Waals surface area (Å²) in [6, 6.07) is -3.69. The van der Waals surface area contributed by atoms with Crippen molar-refractivity contribution in [3.05, 3.63) is 0 Å². The Bertz CT molecular complexity index is 469. The molecule has 0 rings (SSSR count). The van der Waals surface area contributed by atoms with Crippen molar-refractivity contribution in [3.63, 3.8) is 0 Å². The summed E-state index contributed by atoms with van der Waals surface area (Å²) >= 11 is 0. The van der Waals surface area contributed by atoms with E-state index in [2.05, 4.69) is 10.6 Å². The van der Waals surface area contributed by atoms with Crippen LogP contribution < -0.4 is 16.4 Å². The molecule has 0 fully saturated rings. The predicted octanol–water partition coefficient (Wildman–Crippen LogP) is -1.73. The molecule has 0 aliphatic rings. The molecule has 24 heavy (non-hydrogen) atoms. The highest BCUT2D eigenvalue weighted by atomic mass is 16.4. The van der Waals surface area contributed by atoms with E-state index in [9.17, 15) is 24.3 Å². The summed E-state index contributed by atoms with van der Waals surface area (Å²) < 4.78 is 0. The highest BCUT2D eigenvalue weighted by molar-refractivity contribution is 5.92. The van der Waals surface area contributed by atoms with Crippen LogP contribution in [0.5, 0.6) is 0 Å². The molecule has 10 heteroatoms. The second kappa shape index (κ2) is 10.6. The first-order valence-corrected chi connectivity index (χ1v) is 7.55. The topological polar surface area (TPSA) is 179 Å². The smallest absolute Gasteiger partial charge is 0.326 e. The fourth-order valence-electron chi connectivity index (χ4n) is 1.82. The van der Waals surface area contributed by atoms with E-state index in [4.69, 9.17) is 15.9 Å². The first-order valence-electron chi connectivity index (χ1n) is 7.55. The molecular formula is C14H25N3O7. The number of carbonyl (C=O) groups excluding carboxylic acids is 2. The molecule has 4 atom stereocenters. The second-order valence-corrected chi connectivity index (χ2v) is 5.49. The molecule has 7 N–H and O–H groups in total. The van der Waals surface area contributed by atoms with Crippen LogP contribution in [0.25, 0.3) is 0 Å². The van der Waals surface area contributed by atoms with Gasteiger partial charge in [0, 0.05) is 6.42 Å². The quantitative estimate of drug-likeness (QED) is 0.255. The predicted molar refractivity (Wildman–Crippen MR) is 82.9 cm³/mol. The van der Waals surface area contributed by atoms with E-state index >= 15 is 0 Å². The highest BCUT2D eigenvalue weighted by Gasteiger charge is 2.30. The van der Waals surface area contributed by atoms with Gasteiger partial charge in [0.2, 0.25) is 11.8 Å². The van der Waals surface area contributed by atoms with E-state index in [1.54, 1.807) is 13.8 Å². The Balaban J connectivity index is 4.76. The van der Waals surface area contributed by atoms with Crippen molar-refractivity contribution in [2.75, 3.05) is 6.61 Å². The van der Waals surface area contributed by atoms with Crippen LogP contribution in [0, 0.1) is 5.92 Å². The summed E-state index contributed by atoms with van der Waals surface area (Å²) in [5.41, 5.74) is 5.51. The SMILES string of the molecule is CC[C@H](C)[C@H](NC(=O)[C@H](CO)NC(=O)[C@@H](N)CCC(=O)O)C(=O)O. The number of rotatable bonds is 11. The molecule has 138 valence electrons. The van der Waals surface area contributed by atoms with Gasteiger partial charge >= 0.3 is 11.9 Å². The number of nitrogens with two attached hydrogens (primary N) is 1. The number of aliphatic carboxylic acids is 2. The maximum Gasteiger partial charge on any atom is 0.326 e. The first kappa shape index (κ1) is 21.8. The van der Waals surface area contributed by atoms with Crippen molar-refractivity contribution >= 4 is 23.8 Å².